The molecule has 31 heavy (non-hydrogen) atoms. The topological polar surface area (TPSA) is 32.8 Å². The highest BCUT2D eigenvalue weighted by Gasteiger charge is 2.49. The third kappa shape index (κ3) is 4.27. The monoisotopic (exact) mass is 418 g/mol. The van der Waals surface area contributed by atoms with E-state index in [1.165, 1.54) is 5.56 Å². The lowest BCUT2D eigenvalue weighted by Crippen LogP contribution is -2.56. The van der Waals surface area contributed by atoms with Crippen LogP contribution in [-0.4, -0.2) is 55.5 Å². The van der Waals surface area contributed by atoms with E-state index >= 15 is 0 Å². The summed E-state index contributed by atoms with van der Waals surface area (Å²) in [6.45, 7) is 7.03. The van der Waals surface area contributed by atoms with Crippen LogP contribution in [0.1, 0.15) is 41.6 Å². The summed E-state index contributed by atoms with van der Waals surface area (Å²) in [7, 11) is 3.71. The number of piperidine rings is 1. The summed E-state index contributed by atoms with van der Waals surface area (Å²) in [6.07, 6.45) is 6.29. The third-order valence-corrected chi connectivity index (χ3v) is 7.50. The second-order valence-electron chi connectivity index (χ2n) is 9.10. The van der Waals surface area contributed by atoms with Crippen LogP contribution in [0.5, 0.6) is 5.75 Å². The number of fused-ring (bicyclic) bond motifs is 1. The van der Waals surface area contributed by atoms with Gasteiger partial charge in [-0.25, -0.2) is 0 Å². The van der Waals surface area contributed by atoms with E-state index in [2.05, 4.69) is 29.7 Å². The fourth-order valence-corrected chi connectivity index (χ4v) is 5.75. The van der Waals surface area contributed by atoms with Crippen molar-refractivity contribution in [3.8, 4) is 5.75 Å². The van der Waals surface area contributed by atoms with Crippen LogP contribution in [0.25, 0.3) is 0 Å². The number of amides is 1. The molecule has 2 aromatic rings. The largest absolute Gasteiger partial charge is 0.497 e. The normalized spacial score (nSPS) is 26.0. The van der Waals surface area contributed by atoms with E-state index in [9.17, 15) is 4.79 Å². The summed E-state index contributed by atoms with van der Waals surface area (Å²) < 4.78 is 5.56. The van der Waals surface area contributed by atoms with Crippen LogP contribution >= 0.6 is 0 Å². The lowest BCUT2D eigenvalue weighted by atomic mass is 9.57. The molecule has 0 N–H and O–H groups in total. The van der Waals surface area contributed by atoms with Crippen molar-refractivity contribution in [1.29, 1.82) is 0 Å². The highest BCUT2D eigenvalue weighted by molar-refractivity contribution is 5.94. The minimum atomic E-state index is 0.0698. The van der Waals surface area contributed by atoms with Crippen molar-refractivity contribution >= 4 is 5.91 Å². The van der Waals surface area contributed by atoms with Gasteiger partial charge in [-0.15, -0.1) is 6.58 Å². The second-order valence-corrected chi connectivity index (χ2v) is 9.10. The Morgan fingerprint density at radius 3 is 2.77 bits per heavy atom. The standard InChI is InChI=1S/C27H34N2O2/c1-4-16-29-17-15-27(22-11-8-12-25(18-22)31-3)19-24(14-13-23(27)20-29)28(2)26(30)21-9-6-5-7-10-21/h4-12,18,23-24H,1,13-17,19-20H2,2-3H3/t23?,24-,27?/m1/s1. The third-order valence-electron chi connectivity index (χ3n) is 7.50. The van der Waals surface area contributed by atoms with Crippen molar-refractivity contribution in [3.63, 3.8) is 0 Å². The minimum Gasteiger partial charge on any atom is -0.497 e. The van der Waals surface area contributed by atoms with Gasteiger partial charge in [-0.2, -0.15) is 0 Å². The van der Waals surface area contributed by atoms with Gasteiger partial charge in [0.15, 0.2) is 0 Å². The fraction of sp³-hybridized carbons (Fsp3) is 0.444. The molecule has 1 heterocycles. The summed E-state index contributed by atoms with van der Waals surface area (Å²) in [4.78, 5) is 17.7. The van der Waals surface area contributed by atoms with Gasteiger partial charge in [-0.05, 0) is 68.0 Å². The van der Waals surface area contributed by atoms with Gasteiger partial charge in [0.25, 0.3) is 5.91 Å². The van der Waals surface area contributed by atoms with Gasteiger partial charge >= 0.3 is 0 Å². The Morgan fingerprint density at radius 2 is 2.03 bits per heavy atom. The Morgan fingerprint density at radius 1 is 1.23 bits per heavy atom. The smallest absolute Gasteiger partial charge is 0.253 e. The molecule has 1 saturated carbocycles. The Labute approximate surface area is 186 Å². The number of likely N-dealkylation sites (tertiary alicyclic amines) is 1. The molecule has 1 amide bonds. The SMILES string of the molecule is C=CCN1CCC2(c3cccc(OC)c3)C[C@H](N(C)C(=O)c3ccccc3)CCC2C1. The van der Waals surface area contributed by atoms with Crippen molar-refractivity contribution in [2.45, 2.75) is 37.1 Å². The lowest BCUT2D eigenvalue weighted by Gasteiger charge is -2.54. The molecule has 2 unspecified atom stereocenters. The van der Waals surface area contributed by atoms with Crippen LogP contribution in [0.15, 0.2) is 67.3 Å². The number of carbonyl (C=O) groups excluding carboxylic acids is 1. The number of benzene rings is 2. The molecule has 1 aliphatic carbocycles. The molecule has 0 bridgehead atoms. The summed E-state index contributed by atoms with van der Waals surface area (Å²) in [5.41, 5.74) is 2.20. The van der Waals surface area contributed by atoms with Gasteiger partial charge in [0, 0.05) is 37.2 Å². The summed E-state index contributed by atoms with van der Waals surface area (Å²) in [5, 5.41) is 0. The minimum absolute atomic E-state index is 0.0698. The van der Waals surface area contributed by atoms with E-state index in [1.54, 1.807) is 7.11 Å². The average Bonchev–Trinajstić information content (AvgIpc) is 2.83. The number of hydrogen-bond acceptors (Lipinski definition) is 3. The second kappa shape index (κ2) is 9.27. The Balaban J connectivity index is 1.63. The van der Waals surface area contributed by atoms with Gasteiger partial charge in [-0.1, -0.05) is 36.4 Å². The predicted octanol–water partition coefficient (Wildman–Crippen LogP) is 4.77. The van der Waals surface area contributed by atoms with Crippen LogP contribution < -0.4 is 4.74 Å². The molecule has 4 rings (SSSR count). The zero-order valence-electron chi connectivity index (χ0n) is 18.8. The number of rotatable bonds is 6. The maximum Gasteiger partial charge on any atom is 0.253 e. The van der Waals surface area contributed by atoms with E-state index in [-0.39, 0.29) is 17.4 Å². The van der Waals surface area contributed by atoms with Crippen LogP contribution in [0.2, 0.25) is 0 Å². The zero-order chi connectivity index (χ0) is 21.8. The molecule has 3 atom stereocenters. The summed E-state index contributed by atoms with van der Waals surface area (Å²) in [5.74, 6) is 1.61. The summed E-state index contributed by atoms with van der Waals surface area (Å²) >= 11 is 0. The molecule has 4 heteroatoms. The van der Waals surface area contributed by atoms with Crippen molar-refractivity contribution in [2.75, 3.05) is 33.8 Å². The number of ether oxygens (including phenoxy) is 1. The first-order valence-corrected chi connectivity index (χ1v) is 11.4. The van der Waals surface area contributed by atoms with Crippen molar-refractivity contribution in [3.05, 3.63) is 78.4 Å². The number of hydrogen-bond donors (Lipinski definition) is 0. The Bertz CT molecular complexity index is 912. The fourth-order valence-electron chi connectivity index (χ4n) is 5.75. The summed E-state index contributed by atoms with van der Waals surface area (Å²) in [6, 6.07) is 18.5. The van der Waals surface area contributed by atoms with E-state index < -0.39 is 0 Å². The molecule has 0 spiro atoms. The highest BCUT2D eigenvalue weighted by atomic mass is 16.5. The Kier molecular flexibility index (Phi) is 6.47. The maximum absolute atomic E-state index is 13.2. The number of methoxy groups -OCH3 is 1. The van der Waals surface area contributed by atoms with Crippen LogP contribution in [0.3, 0.4) is 0 Å². The van der Waals surface area contributed by atoms with Gasteiger partial charge in [0.2, 0.25) is 0 Å². The van der Waals surface area contributed by atoms with Gasteiger partial charge in [0.05, 0.1) is 7.11 Å². The van der Waals surface area contributed by atoms with E-state index in [1.807, 2.05) is 54.4 Å². The van der Waals surface area contributed by atoms with Crippen molar-refractivity contribution < 1.29 is 9.53 Å². The predicted molar refractivity (Wildman–Crippen MR) is 126 cm³/mol. The van der Waals surface area contributed by atoms with Crippen LogP contribution in [0, 0.1) is 5.92 Å². The van der Waals surface area contributed by atoms with E-state index in [4.69, 9.17) is 4.74 Å². The molecule has 2 aromatic carbocycles. The zero-order valence-corrected chi connectivity index (χ0v) is 18.8. The quantitative estimate of drug-likeness (QED) is 0.634. The van der Waals surface area contributed by atoms with Gasteiger partial charge in [-0.3, -0.25) is 9.69 Å². The first kappa shape index (κ1) is 21.6. The van der Waals surface area contributed by atoms with Crippen molar-refractivity contribution in [2.24, 2.45) is 5.92 Å². The lowest BCUT2D eigenvalue weighted by molar-refractivity contribution is 0.0221. The molecule has 2 aliphatic rings. The maximum atomic E-state index is 13.2. The Hall–Kier alpha value is -2.59. The molecule has 4 nitrogen and oxygen atoms in total. The molecule has 0 radical (unpaired) electrons. The van der Waals surface area contributed by atoms with Crippen molar-refractivity contribution in [1.82, 2.24) is 9.80 Å². The average molecular weight is 419 g/mol. The van der Waals surface area contributed by atoms with E-state index in [0.29, 0.717) is 5.92 Å². The molecule has 2 fully saturated rings. The highest BCUT2D eigenvalue weighted by Crippen LogP contribution is 2.50. The molecular weight excluding hydrogens is 384 g/mol. The van der Waals surface area contributed by atoms with Gasteiger partial charge in [0.1, 0.15) is 5.75 Å². The van der Waals surface area contributed by atoms with Gasteiger partial charge < -0.3 is 9.64 Å². The molecule has 1 aliphatic heterocycles. The molecule has 164 valence electrons. The van der Waals surface area contributed by atoms with Crippen LogP contribution in [0.4, 0.5) is 0 Å². The number of nitrogens with zero attached hydrogens (tertiary/aromatic N) is 2. The number of carbonyl (C=O) groups is 1. The van der Waals surface area contributed by atoms with E-state index in [0.717, 1.165) is 56.6 Å². The molecular formula is C27H34N2O2. The first-order chi connectivity index (χ1) is 15.1. The molecule has 1 saturated heterocycles. The molecule has 0 aromatic heterocycles. The first-order valence-electron chi connectivity index (χ1n) is 11.4. The van der Waals surface area contributed by atoms with Crippen LogP contribution in [-0.2, 0) is 5.41 Å².